The molecular formula is C22H31N3O3. The first-order valence-corrected chi connectivity index (χ1v) is 9.20. The van der Waals surface area contributed by atoms with Crippen molar-refractivity contribution in [1.29, 1.82) is 5.26 Å². The van der Waals surface area contributed by atoms with Crippen LogP contribution >= 0.6 is 0 Å². The van der Waals surface area contributed by atoms with Gasteiger partial charge in [-0.15, -0.1) is 0 Å². The largest absolute Gasteiger partial charge is 0.451 e. The maximum absolute atomic E-state index is 12.2. The highest BCUT2D eigenvalue weighted by Crippen LogP contribution is 2.26. The minimum Gasteiger partial charge on any atom is -0.451 e. The first kappa shape index (κ1) is 23.2. The van der Waals surface area contributed by atoms with Crippen molar-refractivity contribution in [3.63, 3.8) is 0 Å². The molecule has 152 valence electrons. The topological polar surface area (TPSA) is 82.4 Å². The Morgan fingerprint density at radius 2 is 1.71 bits per heavy atom. The molecule has 28 heavy (non-hydrogen) atoms. The molecule has 1 amide bonds. The summed E-state index contributed by atoms with van der Waals surface area (Å²) in [6.45, 7) is 9.71. The number of nitriles is 1. The van der Waals surface area contributed by atoms with Gasteiger partial charge < -0.3 is 15.0 Å². The number of amides is 1. The second-order valence-corrected chi connectivity index (χ2v) is 8.90. The van der Waals surface area contributed by atoms with Crippen molar-refractivity contribution in [1.82, 2.24) is 5.32 Å². The first-order chi connectivity index (χ1) is 12.8. The minimum atomic E-state index is -0.817. The van der Waals surface area contributed by atoms with E-state index in [4.69, 9.17) is 4.74 Å². The molecule has 0 saturated carbocycles. The summed E-state index contributed by atoms with van der Waals surface area (Å²) >= 11 is 0. The zero-order valence-corrected chi connectivity index (χ0v) is 17.9. The van der Waals surface area contributed by atoms with Crippen LogP contribution in [-0.2, 0) is 14.3 Å². The SMILES string of the molecule is CN(C)c1ccc(/C=C(\C#N)C(=O)OCC(=O)NC(C)(C)CC(C)(C)C)cc1. The van der Waals surface area contributed by atoms with Gasteiger partial charge in [0, 0.05) is 25.3 Å². The van der Waals surface area contributed by atoms with Crippen molar-refractivity contribution in [2.24, 2.45) is 5.41 Å². The summed E-state index contributed by atoms with van der Waals surface area (Å²) in [7, 11) is 3.85. The maximum atomic E-state index is 12.2. The van der Waals surface area contributed by atoms with Crippen molar-refractivity contribution in [2.45, 2.75) is 46.6 Å². The smallest absolute Gasteiger partial charge is 0.349 e. The van der Waals surface area contributed by atoms with Gasteiger partial charge in [0.05, 0.1) is 0 Å². The Labute approximate surface area is 168 Å². The standard InChI is InChI=1S/C22H31N3O3/c1-21(2,3)15-22(4,5)24-19(26)14-28-20(27)17(13-23)12-16-8-10-18(11-9-16)25(6)7/h8-12H,14-15H2,1-7H3,(H,24,26)/b17-12+. The third-order valence-corrected chi connectivity index (χ3v) is 3.85. The van der Waals surface area contributed by atoms with E-state index in [0.717, 1.165) is 12.1 Å². The van der Waals surface area contributed by atoms with E-state index in [9.17, 15) is 14.9 Å². The lowest BCUT2D eigenvalue weighted by Gasteiger charge is -2.33. The lowest BCUT2D eigenvalue weighted by molar-refractivity contribution is -0.145. The van der Waals surface area contributed by atoms with Gasteiger partial charge in [-0.1, -0.05) is 32.9 Å². The highest BCUT2D eigenvalue weighted by Gasteiger charge is 2.27. The molecule has 1 aromatic carbocycles. The van der Waals surface area contributed by atoms with Gasteiger partial charge in [0.25, 0.3) is 5.91 Å². The minimum absolute atomic E-state index is 0.0479. The van der Waals surface area contributed by atoms with Crippen LogP contribution in [-0.4, -0.2) is 38.1 Å². The molecule has 1 N–H and O–H groups in total. The second kappa shape index (κ2) is 9.41. The van der Waals surface area contributed by atoms with E-state index in [1.165, 1.54) is 6.08 Å². The monoisotopic (exact) mass is 385 g/mol. The summed E-state index contributed by atoms with van der Waals surface area (Å²) in [5.74, 6) is -1.21. The molecule has 6 heteroatoms. The molecule has 0 aromatic heterocycles. The van der Waals surface area contributed by atoms with E-state index >= 15 is 0 Å². The van der Waals surface area contributed by atoms with Crippen molar-refractivity contribution < 1.29 is 14.3 Å². The van der Waals surface area contributed by atoms with Gasteiger partial charge >= 0.3 is 5.97 Å². The molecule has 0 spiro atoms. The van der Waals surface area contributed by atoms with Crippen LogP contribution in [0.1, 0.15) is 46.6 Å². The molecule has 0 fully saturated rings. The van der Waals surface area contributed by atoms with Crippen LogP contribution in [0.5, 0.6) is 0 Å². The maximum Gasteiger partial charge on any atom is 0.349 e. The first-order valence-electron chi connectivity index (χ1n) is 9.20. The highest BCUT2D eigenvalue weighted by atomic mass is 16.5. The van der Waals surface area contributed by atoms with E-state index in [-0.39, 0.29) is 11.0 Å². The van der Waals surface area contributed by atoms with E-state index < -0.39 is 24.0 Å². The molecule has 0 atom stereocenters. The lowest BCUT2D eigenvalue weighted by Crippen LogP contribution is -2.47. The van der Waals surface area contributed by atoms with E-state index in [2.05, 4.69) is 26.1 Å². The van der Waals surface area contributed by atoms with Crippen molar-refractivity contribution in [3.05, 3.63) is 35.4 Å². The third kappa shape index (κ3) is 8.26. The summed E-state index contributed by atoms with van der Waals surface area (Å²) in [5.41, 5.74) is 1.18. The molecule has 0 bridgehead atoms. The van der Waals surface area contributed by atoms with Gasteiger partial charge in [-0.2, -0.15) is 5.26 Å². The summed E-state index contributed by atoms with van der Waals surface area (Å²) < 4.78 is 5.02. The fourth-order valence-electron chi connectivity index (χ4n) is 3.16. The lowest BCUT2D eigenvalue weighted by atomic mass is 9.82. The molecule has 0 saturated heterocycles. The average Bonchev–Trinajstić information content (AvgIpc) is 2.55. The van der Waals surface area contributed by atoms with Gasteiger partial charge in [0.15, 0.2) is 6.61 Å². The van der Waals surface area contributed by atoms with Crippen LogP contribution < -0.4 is 10.2 Å². The Morgan fingerprint density at radius 3 is 2.18 bits per heavy atom. The van der Waals surface area contributed by atoms with Gasteiger partial charge in [0.1, 0.15) is 11.6 Å². The summed E-state index contributed by atoms with van der Waals surface area (Å²) in [6, 6.07) is 9.22. The molecule has 6 nitrogen and oxygen atoms in total. The van der Waals surface area contributed by atoms with Crippen LogP contribution in [0.25, 0.3) is 6.08 Å². The number of carbonyl (C=O) groups is 2. The quantitative estimate of drug-likeness (QED) is 0.441. The molecule has 0 unspecified atom stereocenters. The highest BCUT2D eigenvalue weighted by molar-refractivity contribution is 5.98. The zero-order chi connectivity index (χ0) is 21.5. The fourth-order valence-corrected chi connectivity index (χ4v) is 3.16. The molecule has 0 heterocycles. The summed E-state index contributed by atoms with van der Waals surface area (Å²) in [6.07, 6.45) is 2.22. The Hall–Kier alpha value is -2.81. The molecule has 0 aliphatic rings. The molecule has 1 rings (SSSR count). The van der Waals surface area contributed by atoms with Crippen molar-refractivity contribution in [2.75, 3.05) is 25.6 Å². The number of anilines is 1. The summed E-state index contributed by atoms with van der Waals surface area (Å²) in [5, 5.41) is 12.1. The fraction of sp³-hybridized carbons (Fsp3) is 0.500. The Bertz CT molecular complexity index is 764. The number of hydrogen-bond acceptors (Lipinski definition) is 5. The second-order valence-electron chi connectivity index (χ2n) is 8.90. The average molecular weight is 386 g/mol. The van der Waals surface area contributed by atoms with Crippen molar-refractivity contribution >= 4 is 23.6 Å². The predicted octanol–water partition coefficient (Wildman–Crippen LogP) is 3.53. The van der Waals surface area contributed by atoms with Gasteiger partial charge in [-0.05, 0) is 49.5 Å². The van der Waals surface area contributed by atoms with Crippen LogP contribution in [0.15, 0.2) is 29.8 Å². The zero-order valence-electron chi connectivity index (χ0n) is 17.9. The number of carbonyl (C=O) groups excluding carboxylic acids is 2. The van der Waals surface area contributed by atoms with E-state index in [0.29, 0.717) is 5.56 Å². The number of nitrogens with zero attached hydrogens (tertiary/aromatic N) is 2. The predicted molar refractivity (Wildman–Crippen MR) is 112 cm³/mol. The Balaban J connectivity index is 2.69. The number of benzene rings is 1. The molecular weight excluding hydrogens is 354 g/mol. The number of nitrogens with one attached hydrogen (secondary N) is 1. The molecule has 0 radical (unpaired) electrons. The number of esters is 1. The van der Waals surface area contributed by atoms with Gasteiger partial charge in [-0.3, -0.25) is 4.79 Å². The number of ether oxygens (including phenoxy) is 1. The number of rotatable bonds is 7. The third-order valence-electron chi connectivity index (χ3n) is 3.85. The molecule has 0 aliphatic heterocycles. The molecule has 0 aliphatic carbocycles. The van der Waals surface area contributed by atoms with E-state index in [1.807, 2.05) is 63.2 Å². The Morgan fingerprint density at radius 1 is 1.14 bits per heavy atom. The van der Waals surface area contributed by atoms with Crippen LogP contribution in [0.2, 0.25) is 0 Å². The van der Waals surface area contributed by atoms with Gasteiger partial charge in [-0.25, -0.2) is 4.79 Å². The van der Waals surface area contributed by atoms with Crippen molar-refractivity contribution in [3.8, 4) is 6.07 Å². The van der Waals surface area contributed by atoms with Crippen LogP contribution in [0.4, 0.5) is 5.69 Å². The normalized spacial score (nSPS) is 12.1. The number of hydrogen-bond donors (Lipinski definition) is 1. The van der Waals surface area contributed by atoms with E-state index in [1.54, 1.807) is 0 Å². The summed E-state index contributed by atoms with van der Waals surface area (Å²) in [4.78, 5) is 26.2. The van der Waals surface area contributed by atoms with Crippen LogP contribution in [0.3, 0.4) is 0 Å². The van der Waals surface area contributed by atoms with Crippen LogP contribution in [0, 0.1) is 16.7 Å². The molecule has 1 aromatic rings. The van der Waals surface area contributed by atoms with Gasteiger partial charge in [0.2, 0.25) is 0 Å². The Kier molecular flexibility index (Phi) is 7.80.